The number of hydrogen-bond donors (Lipinski definition) is 1. The summed E-state index contributed by atoms with van der Waals surface area (Å²) < 4.78 is 0. The molecule has 20 heavy (non-hydrogen) atoms. The van der Waals surface area contributed by atoms with E-state index >= 15 is 0 Å². The van der Waals surface area contributed by atoms with Crippen LogP contribution in [0.15, 0.2) is 54.6 Å². The van der Waals surface area contributed by atoms with Crippen LogP contribution >= 0.6 is 0 Å². The molecule has 0 aliphatic rings. The first-order valence-corrected chi connectivity index (χ1v) is 6.89. The van der Waals surface area contributed by atoms with E-state index in [0.29, 0.717) is 5.75 Å². The summed E-state index contributed by atoms with van der Waals surface area (Å²) in [5.74, 6) is 0.318. The van der Waals surface area contributed by atoms with Gasteiger partial charge in [0.25, 0.3) is 0 Å². The normalized spacial score (nSPS) is 10.9. The fourth-order valence-electron chi connectivity index (χ4n) is 2.71. The third-order valence-corrected chi connectivity index (χ3v) is 3.67. The molecule has 0 aromatic heterocycles. The summed E-state index contributed by atoms with van der Waals surface area (Å²) in [7, 11) is 0. The highest BCUT2D eigenvalue weighted by atomic mass is 16.3. The molecule has 0 saturated carbocycles. The molecule has 0 saturated heterocycles. The van der Waals surface area contributed by atoms with Crippen LogP contribution in [0, 0.1) is 13.8 Å². The quantitative estimate of drug-likeness (QED) is 0.706. The van der Waals surface area contributed by atoms with E-state index in [4.69, 9.17) is 0 Å². The SMILES string of the molecule is Cc1ccc2c(Cc3ccc(O)cc3)cc(C)cc2c1. The molecule has 1 heteroatoms. The lowest BCUT2D eigenvalue weighted by Gasteiger charge is -2.10. The molecule has 3 aromatic rings. The zero-order valence-corrected chi connectivity index (χ0v) is 11.9. The van der Waals surface area contributed by atoms with E-state index in [1.54, 1.807) is 12.1 Å². The van der Waals surface area contributed by atoms with Crippen molar-refractivity contribution in [1.82, 2.24) is 0 Å². The molecular formula is C19H18O. The first-order chi connectivity index (χ1) is 9.61. The standard InChI is InChI=1S/C19H18O/c1-13-3-8-19-16(9-13)10-14(2)11-17(19)12-15-4-6-18(20)7-5-15/h3-11,20H,12H2,1-2H3. The van der Waals surface area contributed by atoms with Crippen molar-refractivity contribution in [2.75, 3.05) is 0 Å². The molecule has 1 N–H and O–H groups in total. The Morgan fingerprint density at radius 1 is 0.800 bits per heavy atom. The van der Waals surface area contributed by atoms with Gasteiger partial charge in [0.2, 0.25) is 0 Å². The van der Waals surface area contributed by atoms with E-state index in [2.05, 4.69) is 44.2 Å². The second-order valence-electron chi connectivity index (χ2n) is 5.49. The highest BCUT2D eigenvalue weighted by Crippen LogP contribution is 2.25. The molecule has 1 nitrogen and oxygen atoms in total. The van der Waals surface area contributed by atoms with E-state index in [1.165, 1.54) is 33.0 Å². The minimum atomic E-state index is 0.318. The lowest BCUT2D eigenvalue weighted by atomic mass is 9.95. The Morgan fingerprint density at radius 3 is 2.25 bits per heavy atom. The number of phenolic OH excluding ortho intramolecular Hbond substituents is 1. The van der Waals surface area contributed by atoms with Crippen LogP contribution in [0.3, 0.4) is 0 Å². The molecule has 0 heterocycles. The fourth-order valence-corrected chi connectivity index (χ4v) is 2.71. The Morgan fingerprint density at radius 2 is 1.50 bits per heavy atom. The summed E-state index contributed by atoms with van der Waals surface area (Å²) in [5, 5.41) is 12.0. The van der Waals surface area contributed by atoms with Crippen molar-refractivity contribution in [1.29, 1.82) is 0 Å². The van der Waals surface area contributed by atoms with Gasteiger partial charge in [0.15, 0.2) is 0 Å². The zero-order valence-electron chi connectivity index (χ0n) is 11.9. The monoisotopic (exact) mass is 262 g/mol. The summed E-state index contributed by atoms with van der Waals surface area (Å²) in [6.07, 6.45) is 0.890. The average Bonchev–Trinajstić information content (AvgIpc) is 2.40. The topological polar surface area (TPSA) is 20.2 Å². The lowest BCUT2D eigenvalue weighted by molar-refractivity contribution is 0.475. The summed E-state index contributed by atoms with van der Waals surface area (Å²) >= 11 is 0. The Bertz CT molecular complexity index is 749. The van der Waals surface area contributed by atoms with Gasteiger partial charge in [0, 0.05) is 0 Å². The average molecular weight is 262 g/mol. The van der Waals surface area contributed by atoms with Gasteiger partial charge in [-0.25, -0.2) is 0 Å². The first kappa shape index (κ1) is 12.7. The highest BCUT2D eigenvalue weighted by Gasteiger charge is 2.04. The van der Waals surface area contributed by atoms with Crippen molar-refractivity contribution in [2.45, 2.75) is 20.3 Å². The van der Waals surface area contributed by atoms with Crippen LogP contribution in [0.2, 0.25) is 0 Å². The van der Waals surface area contributed by atoms with Crippen LogP contribution in [-0.2, 0) is 6.42 Å². The summed E-state index contributed by atoms with van der Waals surface area (Å²) in [6, 6.07) is 18.6. The van der Waals surface area contributed by atoms with Crippen LogP contribution in [0.5, 0.6) is 5.75 Å². The fraction of sp³-hybridized carbons (Fsp3) is 0.158. The smallest absolute Gasteiger partial charge is 0.115 e. The minimum absolute atomic E-state index is 0.318. The van der Waals surface area contributed by atoms with Gasteiger partial charge in [-0.2, -0.15) is 0 Å². The largest absolute Gasteiger partial charge is 0.508 e. The number of aromatic hydroxyl groups is 1. The maximum atomic E-state index is 9.37. The van der Waals surface area contributed by atoms with E-state index in [9.17, 15) is 5.11 Å². The van der Waals surface area contributed by atoms with Crippen LogP contribution in [0.1, 0.15) is 22.3 Å². The predicted octanol–water partition coefficient (Wildman–Crippen LogP) is 4.75. The predicted molar refractivity (Wildman–Crippen MR) is 84.3 cm³/mol. The zero-order chi connectivity index (χ0) is 14.1. The number of hydrogen-bond acceptors (Lipinski definition) is 1. The van der Waals surface area contributed by atoms with Gasteiger partial charge in [-0.1, -0.05) is 53.6 Å². The molecule has 0 aliphatic carbocycles. The molecule has 0 spiro atoms. The van der Waals surface area contributed by atoms with Crippen LogP contribution in [0.4, 0.5) is 0 Å². The molecule has 0 atom stereocenters. The first-order valence-electron chi connectivity index (χ1n) is 6.89. The van der Waals surface area contributed by atoms with Gasteiger partial charge < -0.3 is 5.11 Å². The number of phenols is 1. The van der Waals surface area contributed by atoms with E-state index in [1.807, 2.05) is 12.1 Å². The molecule has 0 unspecified atom stereocenters. The molecule has 3 aromatic carbocycles. The van der Waals surface area contributed by atoms with E-state index < -0.39 is 0 Å². The van der Waals surface area contributed by atoms with Gasteiger partial charge in [-0.05, 0) is 54.3 Å². The number of benzene rings is 3. The Labute approximate surface area is 119 Å². The Kier molecular flexibility index (Phi) is 3.19. The molecule has 0 aliphatic heterocycles. The number of aryl methyl sites for hydroxylation is 2. The van der Waals surface area contributed by atoms with Crippen LogP contribution in [0.25, 0.3) is 10.8 Å². The van der Waals surface area contributed by atoms with Crippen molar-refractivity contribution < 1.29 is 5.11 Å². The van der Waals surface area contributed by atoms with Crippen molar-refractivity contribution in [3.63, 3.8) is 0 Å². The summed E-state index contributed by atoms with van der Waals surface area (Å²) in [5.41, 5.74) is 5.14. The Balaban J connectivity index is 2.08. The van der Waals surface area contributed by atoms with Gasteiger partial charge >= 0.3 is 0 Å². The molecule has 0 bridgehead atoms. The number of fused-ring (bicyclic) bond motifs is 1. The molecule has 0 amide bonds. The summed E-state index contributed by atoms with van der Waals surface area (Å²) in [4.78, 5) is 0. The van der Waals surface area contributed by atoms with Crippen molar-refractivity contribution in [3.05, 3.63) is 76.9 Å². The minimum Gasteiger partial charge on any atom is -0.508 e. The second kappa shape index (κ2) is 5.01. The van der Waals surface area contributed by atoms with Crippen molar-refractivity contribution in [3.8, 4) is 5.75 Å². The molecular weight excluding hydrogens is 244 g/mol. The third-order valence-electron chi connectivity index (χ3n) is 3.67. The van der Waals surface area contributed by atoms with Gasteiger partial charge in [0.1, 0.15) is 5.75 Å². The number of rotatable bonds is 2. The van der Waals surface area contributed by atoms with Gasteiger partial charge in [0.05, 0.1) is 0 Å². The molecule has 3 rings (SSSR count). The lowest BCUT2D eigenvalue weighted by Crippen LogP contribution is -1.91. The van der Waals surface area contributed by atoms with Gasteiger partial charge in [-0.15, -0.1) is 0 Å². The summed E-state index contributed by atoms with van der Waals surface area (Å²) in [6.45, 7) is 4.27. The highest BCUT2D eigenvalue weighted by molar-refractivity contribution is 5.87. The maximum Gasteiger partial charge on any atom is 0.115 e. The van der Waals surface area contributed by atoms with Crippen LogP contribution in [-0.4, -0.2) is 5.11 Å². The van der Waals surface area contributed by atoms with Gasteiger partial charge in [-0.3, -0.25) is 0 Å². The van der Waals surface area contributed by atoms with E-state index in [-0.39, 0.29) is 0 Å². The third kappa shape index (κ3) is 2.53. The maximum absolute atomic E-state index is 9.37. The molecule has 0 fully saturated rings. The van der Waals surface area contributed by atoms with Crippen molar-refractivity contribution in [2.24, 2.45) is 0 Å². The Hall–Kier alpha value is -2.28. The van der Waals surface area contributed by atoms with Crippen LogP contribution < -0.4 is 0 Å². The molecule has 100 valence electrons. The van der Waals surface area contributed by atoms with Crippen molar-refractivity contribution >= 4 is 10.8 Å². The molecule has 0 radical (unpaired) electrons. The second-order valence-corrected chi connectivity index (χ2v) is 5.49. The van der Waals surface area contributed by atoms with E-state index in [0.717, 1.165) is 6.42 Å².